The number of hydrogen-bond acceptors (Lipinski definition) is 5. The van der Waals surface area contributed by atoms with E-state index in [1.54, 1.807) is 0 Å². The minimum absolute atomic E-state index is 0.0919. The zero-order valence-corrected chi connectivity index (χ0v) is 12.8. The molecule has 0 radical (unpaired) electrons. The number of halogens is 1. The van der Waals surface area contributed by atoms with Crippen molar-refractivity contribution in [2.75, 3.05) is 10.1 Å². The number of nitro groups is 1. The lowest BCUT2D eigenvalue weighted by Gasteiger charge is -2.28. The lowest BCUT2D eigenvalue weighted by molar-refractivity contribution is -0.384. The molecule has 0 bridgehead atoms. The minimum atomic E-state index is -3.98. The van der Waals surface area contributed by atoms with Crippen LogP contribution in [0.5, 0.6) is 0 Å². The number of carboxylic acids is 1. The summed E-state index contributed by atoms with van der Waals surface area (Å²) in [6.07, 6.45) is 0. The van der Waals surface area contributed by atoms with E-state index in [1.807, 2.05) is 0 Å². The molecule has 21 heavy (non-hydrogen) atoms. The van der Waals surface area contributed by atoms with Crippen LogP contribution in [-0.2, 0) is 14.8 Å². The van der Waals surface area contributed by atoms with Crippen molar-refractivity contribution in [1.29, 1.82) is 0 Å². The van der Waals surface area contributed by atoms with E-state index in [1.165, 1.54) is 6.92 Å². The third kappa shape index (κ3) is 3.61. The zero-order valence-electron chi connectivity index (χ0n) is 11.2. The van der Waals surface area contributed by atoms with Crippen molar-refractivity contribution in [3.8, 4) is 0 Å². The molecule has 0 saturated heterocycles. The van der Waals surface area contributed by atoms with Crippen LogP contribution in [0.3, 0.4) is 0 Å². The maximum Gasteiger partial charge on any atom is 0.327 e. The van der Waals surface area contributed by atoms with Crippen LogP contribution in [0.2, 0.25) is 5.02 Å². The Morgan fingerprint density at radius 2 is 2.10 bits per heavy atom. The van der Waals surface area contributed by atoms with Gasteiger partial charge >= 0.3 is 5.97 Å². The average molecular weight is 337 g/mol. The second kappa shape index (κ2) is 6.27. The average Bonchev–Trinajstić information content (AvgIpc) is 2.40. The molecule has 1 atom stereocenters. The van der Waals surface area contributed by atoms with E-state index < -0.39 is 27.0 Å². The standard InChI is InChI=1S/C11H13ClN2O6S/c1-3-21(19,20)13(7(2)11(15)16)10-6-8(14(17)18)4-5-9(10)12/h4-7H,3H2,1-2H3,(H,15,16). The van der Waals surface area contributed by atoms with Crippen molar-refractivity contribution < 1.29 is 23.2 Å². The molecule has 0 aliphatic rings. The Bertz CT molecular complexity index is 675. The smallest absolute Gasteiger partial charge is 0.327 e. The van der Waals surface area contributed by atoms with E-state index in [0.29, 0.717) is 4.31 Å². The molecule has 0 saturated carbocycles. The Hall–Kier alpha value is -1.87. The van der Waals surface area contributed by atoms with Crippen LogP contribution >= 0.6 is 11.6 Å². The zero-order chi connectivity index (χ0) is 16.4. The van der Waals surface area contributed by atoms with E-state index in [9.17, 15) is 23.3 Å². The second-order valence-corrected chi connectivity index (χ2v) is 6.65. The van der Waals surface area contributed by atoms with Crippen LogP contribution in [0.4, 0.5) is 11.4 Å². The number of aliphatic carboxylic acids is 1. The molecule has 0 spiro atoms. The highest BCUT2D eigenvalue weighted by atomic mass is 35.5. The van der Waals surface area contributed by atoms with Gasteiger partial charge in [0.15, 0.2) is 0 Å². The molecule has 0 amide bonds. The first-order chi connectivity index (χ1) is 9.61. The molecular weight excluding hydrogens is 324 g/mol. The van der Waals surface area contributed by atoms with Gasteiger partial charge in [-0.1, -0.05) is 11.6 Å². The molecule has 1 unspecified atom stereocenters. The highest BCUT2D eigenvalue weighted by molar-refractivity contribution is 7.92. The van der Waals surface area contributed by atoms with Gasteiger partial charge < -0.3 is 5.11 Å². The highest BCUT2D eigenvalue weighted by Crippen LogP contribution is 2.33. The number of hydrogen-bond donors (Lipinski definition) is 1. The molecule has 1 rings (SSSR count). The van der Waals surface area contributed by atoms with Crippen LogP contribution in [0, 0.1) is 10.1 Å². The van der Waals surface area contributed by atoms with Crippen molar-refractivity contribution in [3.05, 3.63) is 33.3 Å². The maximum atomic E-state index is 12.1. The predicted octanol–water partition coefficient (Wildman–Crippen LogP) is 1.88. The predicted molar refractivity (Wildman–Crippen MR) is 77.1 cm³/mol. The lowest BCUT2D eigenvalue weighted by Crippen LogP contribution is -2.44. The van der Waals surface area contributed by atoms with Crippen molar-refractivity contribution in [2.24, 2.45) is 0 Å². The molecule has 0 aromatic heterocycles. The first-order valence-corrected chi connectivity index (χ1v) is 7.79. The molecule has 1 aromatic rings. The van der Waals surface area contributed by atoms with Crippen LogP contribution in [0.15, 0.2) is 18.2 Å². The lowest BCUT2D eigenvalue weighted by atomic mass is 10.2. The van der Waals surface area contributed by atoms with Crippen LogP contribution in [0.1, 0.15) is 13.8 Å². The molecule has 0 aliphatic heterocycles. The molecule has 8 nitrogen and oxygen atoms in total. The van der Waals surface area contributed by atoms with Gasteiger partial charge in [-0.25, -0.2) is 13.2 Å². The molecule has 0 aliphatic carbocycles. The Morgan fingerprint density at radius 1 is 1.52 bits per heavy atom. The monoisotopic (exact) mass is 336 g/mol. The number of anilines is 1. The quantitative estimate of drug-likeness (QED) is 0.626. The number of benzene rings is 1. The summed E-state index contributed by atoms with van der Waals surface area (Å²) >= 11 is 5.89. The van der Waals surface area contributed by atoms with Gasteiger partial charge in [-0.15, -0.1) is 0 Å². The molecule has 1 aromatic carbocycles. The van der Waals surface area contributed by atoms with Crippen LogP contribution in [-0.4, -0.2) is 36.2 Å². The van der Waals surface area contributed by atoms with Crippen molar-refractivity contribution in [1.82, 2.24) is 0 Å². The topological polar surface area (TPSA) is 118 Å². The SMILES string of the molecule is CCS(=O)(=O)N(c1cc([N+](=O)[O-])ccc1Cl)C(C)C(=O)O. The number of rotatable bonds is 6. The largest absolute Gasteiger partial charge is 0.480 e. The van der Waals surface area contributed by atoms with Crippen LogP contribution in [0.25, 0.3) is 0 Å². The minimum Gasteiger partial charge on any atom is -0.480 e. The molecule has 116 valence electrons. The van der Waals surface area contributed by atoms with Gasteiger partial charge in [0, 0.05) is 12.1 Å². The third-order valence-electron chi connectivity index (χ3n) is 2.75. The fraction of sp³-hybridized carbons (Fsp3) is 0.364. The second-order valence-electron chi connectivity index (χ2n) is 4.10. The Balaban J connectivity index is 3.57. The Labute approximate surface area is 126 Å². The number of nitrogens with zero attached hydrogens (tertiary/aromatic N) is 2. The number of carboxylic acid groups (broad SMARTS) is 1. The number of carbonyl (C=O) groups is 1. The van der Waals surface area contributed by atoms with E-state index >= 15 is 0 Å². The number of non-ortho nitro benzene ring substituents is 1. The van der Waals surface area contributed by atoms with Gasteiger partial charge in [-0.2, -0.15) is 0 Å². The fourth-order valence-corrected chi connectivity index (χ4v) is 3.18. The Morgan fingerprint density at radius 3 is 2.52 bits per heavy atom. The first-order valence-electron chi connectivity index (χ1n) is 5.80. The summed E-state index contributed by atoms with van der Waals surface area (Å²) < 4.78 is 24.8. The normalized spacial score (nSPS) is 12.7. The third-order valence-corrected chi connectivity index (χ3v) is 4.91. The van der Waals surface area contributed by atoms with Gasteiger partial charge in [0.25, 0.3) is 5.69 Å². The van der Waals surface area contributed by atoms with Gasteiger partial charge in [-0.3, -0.25) is 14.4 Å². The molecule has 0 fully saturated rings. The Kier molecular flexibility index (Phi) is 5.13. The van der Waals surface area contributed by atoms with Gasteiger partial charge in [0.2, 0.25) is 10.0 Å². The summed E-state index contributed by atoms with van der Waals surface area (Å²) in [4.78, 5) is 21.2. The summed E-state index contributed by atoms with van der Waals surface area (Å²) in [7, 11) is -3.98. The first kappa shape index (κ1) is 17.2. The van der Waals surface area contributed by atoms with E-state index in [2.05, 4.69) is 0 Å². The summed E-state index contributed by atoms with van der Waals surface area (Å²) in [5.74, 6) is -1.77. The molecule has 10 heteroatoms. The van der Waals surface area contributed by atoms with Gasteiger partial charge in [-0.05, 0) is 19.9 Å². The van der Waals surface area contributed by atoms with Gasteiger partial charge in [0.05, 0.1) is 21.4 Å². The van der Waals surface area contributed by atoms with Crippen LogP contribution < -0.4 is 4.31 Å². The summed E-state index contributed by atoms with van der Waals surface area (Å²) in [6, 6.07) is 1.75. The number of nitro benzene ring substituents is 1. The van der Waals surface area contributed by atoms with Crippen molar-refractivity contribution in [2.45, 2.75) is 19.9 Å². The number of sulfonamides is 1. The fourth-order valence-electron chi connectivity index (χ4n) is 1.62. The maximum absolute atomic E-state index is 12.1. The molecule has 1 N–H and O–H groups in total. The summed E-state index contributed by atoms with van der Waals surface area (Å²) in [5, 5.41) is 19.8. The summed E-state index contributed by atoms with van der Waals surface area (Å²) in [6.45, 7) is 2.49. The summed E-state index contributed by atoms with van der Waals surface area (Å²) in [5.41, 5.74) is -0.620. The highest BCUT2D eigenvalue weighted by Gasteiger charge is 2.33. The van der Waals surface area contributed by atoms with E-state index in [-0.39, 0.29) is 22.2 Å². The molecular formula is C11H13ClN2O6S. The van der Waals surface area contributed by atoms with Crippen molar-refractivity contribution in [3.63, 3.8) is 0 Å². The van der Waals surface area contributed by atoms with Crippen molar-refractivity contribution >= 4 is 39.0 Å². The van der Waals surface area contributed by atoms with E-state index in [0.717, 1.165) is 25.1 Å². The van der Waals surface area contributed by atoms with E-state index in [4.69, 9.17) is 16.7 Å². The molecule has 0 heterocycles. The van der Waals surface area contributed by atoms with Gasteiger partial charge in [0.1, 0.15) is 6.04 Å².